The van der Waals surface area contributed by atoms with Crippen LogP contribution in [-0.4, -0.2) is 24.6 Å². The van der Waals surface area contributed by atoms with E-state index in [-0.39, 0.29) is 18.2 Å². The van der Waals surface area contributed by atoms with Crippen LogP contribution < -0.4 is 15.8 Å². The average molecular weight is 403 g/mol. The number of benzene rings is 3. The predicted molar refractivity (Wildman–Crippen MR) is 117 cm³/mol. The molecule has 0 aliphatic heterocycles. The lowest BCUT2D eigenvalue weighted by molar-refractivity contribution is -0.885. The molecule has 1 aromatic heterocycles. The van der Waals surface area contributed by atoms with E-state index in [1.165, 1.54) is 6.07 Å². The fraction of sp³-hybridized carbons (Fsp3) is 0.167. The monoisotopic (exact) mass is 403 g/mol. The highest BCUT2D eigenvalue weighted by Crippen LogP contribution is 2.27. The topological polar surface area (TPSA) is 84.0 Å². The Bertz CT molecular complexity index is 1300. The van der Waals surface area contributed by atoms with Gasteiger partial charge in [0.2, 0.25) is 0 Å². The number of hydrogen-bond acceptors (Lipinski definition) is 4. The summed E-state index contributed by atoms with van der Waals surface area (Å²) in [6.45, 7) is 2.41. The molecule has 3 aromatic carbocycles. The molecule has 0 aliphatic rings. The van der Waals surface area contributed by atoms with E-state index in [1.54, 1.807) is 19.1 Å². The van der Waals surface area contributed by atoms with Crippen LogP contribution in [-0.2, 0) is 11.3 Å². The van der Waals surface area contributed by atoms with E-state index in [1.807, 2.05) is 49.5 Å². The summed E-state index contributed by atoms with van der Waals surface area (Å²) in [6.07, 6.45) is 0. The molecule has 0 aliphatic carbocycles. The first-order chi connectivity index (χ1) is 14.4. The highest BCUT2D eigenvalue weighted by molar-refractivity contribution is 6.02. The molecule has 0 bridgehead atoms. The third-order valence-corrected chi connectivity index (χ3v) is 5.24. The maximum atomic E-state index is 12.6. The zero-order chi connectivity index (χ0) is 21.3. The number of phenols is 1. The fourth-order valence-electron chi connectivity index (χ4n) is 3.75. The first kappa shape index (κ1) is 19.7. The summed E-state index contributed by atoms with van der Waals surface area (Å²) < 4.78 is 5.29. The van der Waals surface area contributed by atoms with E-state index in [4.69, 9.17) is 4.42 Å². The molecular formula is C24H23N2O4+. The Morgan fingerprint density at radius 3 is 2.67 bits per heavy atom. The number of aromatic hydroxyl groups is 1. The number of hydrogen-bond donors (Lipinski definition) is 3. The van der Waals surface area contributed by atoms with Crippen molar-refractivity contribution in [1.29, 1.82) is 0 Å². The van der Waals surface area contributed by atoms with Crippen LogP contribution in [0.3, 0.4) is 0 Å². The van der Waals surface area contributed by atoms with E-state index < -0.39 is 5.63 Å². The third-order valence-electron chi connectivity index (χ3n) is 5.24. The van der Waals surface area contributed by atoms with Gasteiger partial charge < -0.3 is 19.7 Å². The number of phenolic OH excluding ortho intramolecular Hbond substituents is 1. The first-order valence-corrected chi connectivity index (χ1v) is 9.76. The minimum absolute atomic E-state index is 0.0815. The van der Waals surface area contributed by atoms with E-state index in [2.05, 4.69) is 5.32 Å². The second-order valence-electron chi connectivity index (χ2n) is 7.56. The molecule has 0 saturated heterocycles. The van der Waals surface area contributed by atoms with Crippen molar-refractivity contribution in [3.05, 3.63) is 82.2 Å². The summed E-state index contributed by atoms with van der Waals surface area (Å²) in [5, 5.41) is 15.7. The van der Waals surface area contributed by atoms with Gasteiger partial charge in [-0.05, 0) is 30.5 Å². The highest BCUT2D eigenvalue weighted by Gasteiger charge is 2.16. The Morgan fingerprint density at radius 1 is 1.07 bits per heavy atom. The molecule has 6 nitrogen and oxygen atoms in total. The van der Waals surface area contributed by atoms with Crippen molar-refractivity contribution in [1.82, 2.24) is 0 Å². The fourth-order valence-corrected chi connectivity index (χ4v) is 3.75. The molecular weight excluding hydrogens is 380 g/mol. The number of fused-ring (bicyclic) bond motifs is 2. The molecule has 0 spiro atoms. The van der Waals surface area contributed by atoms with Crippen molar-refractivity contribution in [3.63, 3.8) is 0 Å². The number of aryl methyl sites for hydroxylation is 1. The van der Waals surface area contributed by atoms with Crippen molar-refractivity contribution in [2.24, 2.45) is 0 Å². The molecule has 1 heterocycles. The standard InChI is InChI=1S/C24H22N2O4/c1-15-21(27)11-10-19-17(12-23(29)30-24(15)19)13-26(2)14-22(28)25-20-9-5-7-16-6-3-4-8-18(16)20/h3-12,27H,13-14H2,1-2H3,(H,25,28)/p+1. The predicted octanol–water partition coefficient (Wildman–Crippen LogP) is 2.61. The van der Waals surface area contributed by atoms with Gasteiger partial charge in [-0.2, -0.15) is 0 Å². The molecule has 1 amide bonds. The molecule has 3 N–H and O–H groups in total. The van der Waals surface area contributed by atoms with Gasteiger partial charge in [-0.3, -0.25) is 4.79 Å². The van der Waals surface area contributed by atoms with E-state index in [0.29, 0.717) is 17.7 Å². The van der Waals surface area contributed by atoms with Crippen LogP contribution in [0.4, 0.5) is 5.69 Å². The van der Waals surface area contributed by atoms with Gasteiger partial charge in [0.05, 0.1) is 7.05 Å². The molecule has 6 heteroatoms. The lowest BCUT2D eigenvalue weighted by Crippen LogP contribution is -3.08. The van der Waals surface area contributed by atoms with Gasteiger partial charge in [0.25, 0.3) is 5.91 Å². The molecule has 30 heavy (non-hydrogen) atoms. The van der Waals surface area contributed by atoms with Crippen molar-refractivity contribution in [2.75, 3.05) is 18.9 Å². The molecule has 0 radical (unpaired) electrons. The molecule has 0 fully saturated rings. The lowest BCUT2D eigenvalue weighted by atomic mass is 10.1. The Hall–Kier alpha value is -3.64. The number of quaternary nitrogens is 1. The number of likely N-dealkylation sites (N-methyl/N-ethyl adjacent to an activating group) is 1. The second kappa shape index (κ2) is 8.00. The van der Waals surface area contributed by atoms with Crippen LogP contribution in [0.1, 0.15) is 11.1 Å². The maximum absolute atomic E-state index is 12.6. The minimum Gasteiger partial charge on any atom is -0.508 e. The average Bonchev–Trinajstić information content (AvgIpc) is 2.71. The van der Waals surface area contributed by atoms with Crippen molar-refractivity contribution in [3.8, 4) is 5.75 Å². The van der Waals surface area contributed by atoms with Gasteiger partial charge >= 0.3 is 5.63 Å². The van der Waals surface area contributed by atoms with Crippen molar-refractivity contribution in [2.45, 2.75) is 13.5 Å². The van der Waals surface area contributed by atoms with Gasteiger partial charge in [-0.1, -0.05) is 36.4 Å². The maximum Gasteiger partial charge on any atom is 0.336 e. The zero-order valence-electron chi connectivity index (χ0n) is 16.9. The summed E-state index contributed by atoms with van der Waals surface area (Å²) >= 11 is 0. The number of nitrogens with one attached hydrogen (secondary N) is 2. The Labute approximate surface area is 173 Å². The van der Waals surface area contributed by atoms with Crippen LogP contribution in [0.2, 0.25) is 0 Å². The zero-order valence-corrected chi connectivity index (χ0v) is 16.9. The summed E-state index contributed by atoms with van der Waals surface area (Å²) in [5.74, 6) is -0.0251. The summed E-state index contributed by atoms with van der Waals surface area (Å²) in [5.41, 5.74) is 1.99. The number of carbonyl (C=O) groups excluding carboxylic acids is 1. The summed E-state index contributed by atoms with van der Waals surface area (Å²) in [6, 6.07) is 18.5. The Morgan fingerprint density at radius 2 is 1.83 bits per heavy atom. The highest BCUT2D eigenvalue weighted by atomic mass is 16.4. The summed E-state index contributed by atoms with van der Waals surface area (Å²) in [7, 11) is 1.90. The van der Waals surface area contributed by atoms with Crippen LogP contribution in [0.5, 0.6) is 5.75 Å². The van der Waals surface area contributed by atoms with E-state index in [0.717, 1.165) is 32.3 Å². The Kier molecular flexibility index (Phi) is 5.25. The molecule has 4 rings (SSSR count). The minimum atomic E-state index is -0.473. The van der Waals surface area contributed by atoms with Gasteiger partial charge in [-0.25, -0.2) is 4.79 Å². The van der Waals surface area contributed by atoms with Crippen LogP contribution in [0.15, 0.2) is 69.9 Å². The smallest absolute Gasteiger partial charge is 0.336 e. The number of rotatable bonds is 5. The normalized spacial score (nSPS) is 12.2. The largest absolute Gasteiger partial charge is 0.508 e. The molecule has 4 aromatic rings. The van der Waals surface area contributed by atoms with Gasteiger partial charge in [0.15, 0.2) is 6.54 Å². The summed E-state index contributed by atoms with van der Waals surface area (Å²) in [4.78, 5) is 25.6. The lowest BCUT2D eigenvalue weighted by Gasteiger charge is -2.16. The molecule has 1 atom stereocenters. The van der Waals surface area contributed by atoms with Crippen LogP contribution in [0.25, 0.3) is 21.7 Å². The van der Waals surface area contributed by atoms with Crippen molar-refractivity contribution >= 4 is 33.3 Å². The Balaban J connectivity index is 1.52. The first-order valence-electron chi connectivity index (χ1n) is 9.76. The third kappa shape index (κ3) is 3.90. The van der Waals surface area contributed by atoms with E-state index >= 15 is 0 Å². The molecule has 152 valence electrons. The number of anilines is 1. The SMILES string of the molecule is Cc1c(O)ccc2c(C[NH+](C)CC(=O)Nc3cccc4ccccc34)cc(=O)oc12. The van der Waals surface area contributed by atoms with Crippen LogP contribution in [0, 0.1) is 6.92 Å². The second-order valence-corrected chi connectivity index (χ2v) is 7.56. The quantitative estimate of drug-likeness (QED) is 0.447. The molecule has 1 unspecified atom stereocenters. The number of carbonyl (C=O) groups is 1. The van der Waals surface area contributed by atoms with Gasteiger partial charge in [-0.15, -0.1) is 0 Å². The van der Waals surface area contributed by atoms with Gasteiger partial charge in [0.1, 0.15) is 17.9 Å². The van der Waals surface area contributed by atoms with Crippen LogP contribution >= 0.6 is 0 Å². The van der Waals surface area contributed by atoms with Crippen molar-refractivity contribution < 1.29 is 19.2 Å². The van der Waals surface area contributed by atoms with E-state index in [9.17, 15) is 14.7 Å². The molecule has 0 saturated carbocycles. The number of amides is 1. The van der Waals surface area contributed by atoms with Gasteiger partial charge in [0, 0.05) is 33.7 Å².